The first kappa shape index (κ1) is 13.2. The smallest absolute Gasteiger partial charge is 0.339 e. The number of nitrogens with zero attached hydrogens (tertiary/aromatic N) is 2. The van der Waals surface area contributed by atoms with E-state index in [4.69, 9.17) is 15.6 Å². The van der Waals surface area contributed by atoms with E-state index >= 15 is 0 Å². The van der Waals surface area contributed by atoms with E-state index in [1.807, 2.05) is 6.92 Å². The number of hydrogen-bond donors (Lipinski definition) is 2. The van der Waals surface area contributed by atoms with Gasteiger partial charge in [-0.15, -0.1) is 0 Å². The highest BCUT2D eigenvalue weighted by Crippen LogP contribution is 2.18. The summed E-state index contributed by atoms with van der Waals surface area (Å²) in [5.41, 5.74) is 5.96. The second-order valence-corrected chi connectivity index (χ2v) is 3.56. The topological polar surface area (TPSA) is 88.7 Å². The van der Waals surface area contributed by atoms with Crippen LogP contribution >= 0.6 is 0 Å². The first-order valence-electron chi connectivity index (χ1n) is 5.34. The fourth-order valence-electron chi connectivity index (χ4n) is 1.39. The number of carboxylic acid groups (broad SMARTS) is 1. The Morgan fingerprint density at radius 3 is 2.94 bits per heavy atom. The molecule has 0 atom stereocenters. The molecule has 6 heteroatoms. The lowest BCUT2D eigenvalue weighted by molar-refractivity contribution is 0.0697. The van der Waals surface area contributed by atoms with Crippen LogP contribution in [0, 0.1) is 0 Å². The van der Waals surface area contributed by atoms with E-state index < -0.39 is 5.97 Å². The van der Waals surface area contributed by atoms with Crippen molar-refractivity contribution in [2.45, 2.75) is 6.92 Å². The molecule has 17 heavy (non-hydrogen) atoms. The van der Waals surface area contributed by atoms with Crippen molar-refractivity contribution in [3.05, 3.63) is 17.8 Å². The van der Waals surface area contributed by atoms with E-state index in [1.54, 1.807) is 11.9 Å². The number of ether oxygens (including phenoxy) is 1. The third-order valence-corrected chi connectivity index (χ3v) is 2.25. The molecule has 1 heterocycles. The summed E-state index contributed by atoms with van der Waals surface area (Å²) in [5.74, 6) is -0.644. The van der Waals surface area contributed by atoms with Crippen LogP contribution in [0.5, 0.6) is 0 Å². The second-order valence-electron chi connectivity index (χ2n) is 3.56. The van der Waals surface area contributed by atoms with Gasteiger partial charge in [0.05, 0.1) is 18.5 Å². The molecule has 0 aliphatic heterocycles. The number of aromatic carboxylic acids is 1. The van der Waals surface area contributed by atoms with Crippen LogP contribution in [-0.2, 0) is 4.74 Å². The molecule has 0 unspecified atom stereocenters. The van der Waals surface area contributed by atoms with Crippen LogP contribution in [0.25, 0.3) is 0 Å². The maximum Gasteiger partial charge on any atom is 0.339 e. The number of rotatable bonds is 6. The SMILES string of the molecule is CCOCCN(C)c1ncc(N)cc1C(=O)O. The van der Waals surface area contributed by atoms with Gasteiger partial charge >= 0.3 is 5.97 Å². The van der Waals surface area contributed by atoms with Gasteiger partial charge in [-0.25, -0.2) is 9.78 Å². The van der Waals surface area contributed by atoms with Gasteiger partial charge in [0.1, 0.15) is 11.4 Å². The van der Waals surface area contributed by atoms with Crippen LogP contribution in [0.15, 0.2) is 12.3 Å². The second kappa shape index (κ2) is 6.05. The molecule has 1 aromatic rings. The van der Waals surface area contributed by atoms with Gasteiger partial charge in [-0.3, -0.25) is 0 Å². The van der Waals surface area contributed by atoms with Crippen molar-refractivity contribution in [3.63, 3.8) is 0 Å². The molecule has 0 saturated carbocycles. The standard InChI is InChI=1S/C11H17N3O3/c1-3-17-5-4-14(2)10-9(11(15)16)6-8(12)7-13-10/h6-7H,3-5,12H2,1-2H3,(H,15,16). The van der Waals surface area contributed by atoms with Gasteiger partial charge in [0.15, 0.2) is 0 Å². The molecule has 0 radical (unpaired) electrons. The number of pyridine rings is 1. The lowest BCUT2D eigenvalue weighted by Gasteiger charge is -2.19. The highest BCUT2D eigenvalue weighted by Gasteiger charge is 2.15. The van der Waals surface area contributed by atoms with E-state index in [9.17, 15) is 4.79 Å². The molecule has 0 spiro atoms. The Kier molecular flexibility index (Phi) is 4.71. The van der Waals surface area contributed by atoms with E-state index in [-0.39, 0.29) is 5.56 Å². The molecule has 94 valence electrons. The van der Waals surface area contributed by atoms with Gasteiger partial charge < -0.3 is 20.5 Å². The normalized spacial score (nSPS) is 10.2. The van der Waals surface area contributed by atoms with Crippen molar-refractivity contribution in [2.75, 3.05) is 37.4 Å². The summed E-state index contributed by atoms with van der Waals surface area (Å²) in [6.45, 7) is 3.64. The quantitative estimate of drug-likeness (QED) is 0.715. The van der Waals surface area contributed by atoms with Crippen molar-refractivity contribution in [3.8, 4) is 0 Å². The van der Waals surface area contributed by atoms with Crippen LogP contribution in [0.3, 0.4) is 0 Å². The van der Waals surface area contributed by atoms with Gasteiger partial charge in [0.2, 0.25) is 0 Å². The molecule has 3 N–H and O–H groups in total. The molecule has 0 amide bonds. The minimum Gasteiger partial charge on any atom is -0.478 e. The minimum atomic E-state index is -1.04. The molecule has 0 aromatic carbocycles. The van der Waals surface area contributed by atoms with Gasteiger partial charge in [-0.05, 0) is 13.0 Å². The van der Waals surface area contributed by atoms with Gasteiger partial charge in [0.25, 0.3) is 0 Å². The molecule has 6 nitrogen and oxygen atoms in total. The van der Waals surface area contributed by atoms with Crippen molar-refractivity contribution in [1.29, 1.82) is 0 Å². The number of likely N-dealkylation sites (N-methyl/N-ethyl adjacent to an activating group) is 1. The molecule has 1 rings (SSSR count). The van der Waals surface area contributed by atoms with Crippen molar-refractivity contribution in [1.82, 2.24) is 4.98 Å². The summed E-state index contributed by atoms with van der Waals surface area (Å²) < 4.78 is 5.21. The zero-order valence-electron chi connectivity index (χ0n) is 10.0. The van der Waals surface area contributed by atoms with E-state index in [1.165, 1.54) is 12.3 Å². The third-order valence-electron chi connectivity index (χ3n) is 2.25. The Bertz CT molecular complexity index is 396. The molecule has 0 fully saturated rings. The number of hydrogen-bond acceptors (Lipinski definition) is 5. The van der Waals surface area contributed by atoms with Gasteiger partial charge in [-0.1, -0.05) is 0 Å². The van der Waals surface area contributed by atoms with Gasteiger partial charge in [-0.2, -0.15) is 0 Å². The number of aromatic nitrogens is 1. The number of nitrogens with two attached hydrogens (primary N) is 1. The Hall–Kier alpha value is -1.82. The number of nitrogen functional groups attached to an aromatic ring is 1. The molecule has 1 aromatic heterocycles. The van der Waals surface area contributed by atoms with E-state index in [2.05, 4.69) is 4.98 Å². The average molecular weight is 239 g/mol. The van der Waals surface area contributed by atoms with Crippen molar-refractivity contribution >= 4 is 17.5 Å². The Morgan fingerprint density at radius 1 is 1.65 bits per heavy atom. The third kappa shape index (κ3) is 3.60. The van der Waals surface area contributed by atoms with Gasteiger partial charge in [0, 0.05) is 20.2 Å². The lowest BCUT2D eigenvalue weighted by Crippen LogP contribution is -2.25. The fraction of sp³-hybridized carbons (Fsp3) is 0.455. The molecule has 0 aliphatic carbocycles. The fourth-order valence-corrected chi connectivity index (χ4v) is 1.39. The Morgan fingerprint density at radius 2 is 2.35 bits per heavy atom. The summed E-state index contributed by atoms with van der Waals surface area (Å²) in [6.07, 6.45) is 1.44. The largest absolute Gasteiger partial charge is 0.478 e. The van der Waals surface area contributed by atoms with E-state index in [0.717, 1.165) is 0 Å². The first-order valence-corrected chi connectivity index (χ1v) is 5.34. The highest BCUT2D eigenvalue weighted by molar-refractivity contribution is 5.94. The summed E-state index contributed by atoms with van der Waals surface area (Å²) in [7, 11) is 1.77. The Balaban J connectivity index is 2.84. The van der Waals surface area contributed by atoms with Crippen molar-refractivity contribution in [2.24, 2.45) is 0 Å². The molecule has 0 saturated heterocycles. The lowest BCUT2D eigenvalue weighted by atomic mass is 10.2. The number of carboxylic acids is 1. The molecule has 0 aliphatic rings. The average Bonchev–Trinajstić information content (AvgIpc) is 2.29. The predicted molar refractivity (Wildman–Crippen MR) is 65.4 cm³/mol. The van der Waals surface area contributed by atoms with Crippen LogP contribution in [-0.4, -0.2) is 42.9 Å². The first-order chi connectivity index (χ1) is 8.06. The number of anilines is 2. The number of carbonyl (C=O) groups is 1. The van der Waals surface area contributed by atoms with Crippen LogP contribution < -0.4 is 10.6 Å². The maximum absolute atomic E-state index is 11.1. The molecular formula is C11H17N3O3. The van der Waals surface area contributed by atoms with Crippen molar-refractivity contribution < 1.29 is 14.6 Å². The van der Waals surface area contributed by atoms with Crippen LogP contribution in [0.4, 0.5) is 11.5 Å². The molecule has 0 bridgehead atoms. The van der Waals surface area contributed by atoms with Crippen LogP contribution in [0.2, 0.25) is 0 Å². The zero-order valence-corrected chi connectivity index (χ0v) is 10.0. The van der Waals surface area contributed by atoms with Crippen LogP contribution in [0.1, 0.15) is 17.3 Å². The predicted octanol–water partition coefficient (Wildman–Crippen LogP) is 0.835. The molecular weight excluding hydrogens is 222 g/mol. The summed E-state index contributed by atoms with van der Waals surface area (Å²) >= 11 is 0. The zero-order chi connectivity index (χ0) is 12.8. The minimum absolute atomic E-state index is 0.101. The summed E-state index contributed by atoms with van der Waals surface area (Å²) in [4.78, 5) is 16.8. The summed E-state index contributed by atoms with van der Waals surface area (Å²) in [5, 5.41) is 9.06. The Labute approximate surface area is 100 Å². The highest BCUT2D eigenvalue weighted by atomic mass is 16.5. The maximum atomic E-state index is 11.1. The summed E-state index contributed by atoms with van der Waals surface area (Å²) in [6, 6.07) is 1.40. The van der Waals surface area contributed by atoms with E-state index in [0.29, 0.717) is 31.3 Å². The monoisotopic (exact) mass is 239 g/mol.